The molecule has 3 N–H and O–H groups in total. The van der Waals surface area contributed by atoms with Gasteiger partial charge in [0.25, 0.3) is 11.6 Å². The zero-order valence-corrected chi connectivity index (χ0v) is 14.9. The third-order valence-electron chi connectivity index (χ3n) is 4.05. The minimum Gasteiger partial charge on any atom is -0.327 e. The number of nitrogens with one attached hydrogen (secondary N) is 3. The summed E-state index contributed by atoms with van der Waals surface area (Å²) in [5.74, 6) is -0.411. The lowest BCUT2D eigenvalue weighted by atomic mass is 9.94. The van der Waals surface area contributed by atoms with Gasteiger partial charge in [0.1, 0.15) is 0 Å². The lowest BCUT2D eigenvalue weighted by Crippen LogP contribution is -2.45. The van der Waals surface area contributed by atoms with Gasteiger partial charge in [-0.1, -0.05) is 11.6 Å². The SMILES string of the molecule is CC1=C(C(=O)Nc2ccc(Cl)cc2)[C@H](c2ccc([N+](=O)[O-])cc2)NC(=O)N1. The Morgan fingerprint density at radius 3 is 2.37 bits per heavy atom. The molecule has 0 saturated heterocycles. The van der Waals surface area contributed by atoms with Gasteiger partial charge in [-0.05, 0) is 48.9 Å². The van der Waals surface area contributed by atoms with Gasteiger partial charge in [0.05, 0.1) is 16.5 Å². The molecular formula is C18H15ClN4O4. The molecule has 0 bridgehead atoms. The van der Waals surface area contributed by atoms with Gasteiger partial charge in [0.2, 0.25) is 0 Å². The molecule has 138 valence electrons. The molecule has 1 aliphatic rings. The number of nitro benzene ring substituents is 1. The Morgan fingerprint density at radius 1 is 1.15 bits per heavy atom. The smallest absolute Gasteiger partial charge is 0.319 e. The van der Waals surface area contributed by atoms with Crippen LogP contribution < -0.4 is 16.0 Å². The van der Waals surface area contributed by atoms with Crippen molar-refractivity contribution in [2.75, 3.05) is 5.32 Å². The molecule has 1 atom stereocenters. The lowest BCUT2D eigenvalue weighted by Gasteiger charge is -2.28. The van der Waals surface area contributed by atoms with E-state index in [9.17, 15) is 19.7 Å². The van der Waals surface area contributed by atoms with Crippen molar-refractivity contribution in [1.29, 1.82) is 0 Å². The summed E-state index contributed by atoms with van der Waals surface area (Å²) in [5, 5.41) is 19.4. The monoisotopic (exact) mass is 386 g/mol. The van der Waals surface area contributed by atoms with Crippen molar-refractivity contribution >= 4 is 34.9 Å². The maximum atomic E-state index is 12.8. The number of anilines is 1. The molecule has 9 heteroatoms. The molecule has 0 aliphatic carbocycles. The van der Waals surface area contributed by atoms with Gasteiger partial charge in [0.15, 0.2) is 0 Å². The fourth-order valence-electron chi connectivity index (χ4n) is 2.77. The van der Waals surface area contributed by atoms with Crippen molar-refractivity contribution in [3.63, 3.8) is 0 Å². The van der Waals surface area contributed by atoms with Crippen LogP contribution in [0.25, 0.3) is 0 Å². The molecule has 1 aliphatic heterocycles. The van der Waals surface area contributed by atoms with E-state index in [4.69, 9.17) is 11.6 Å². The Morgan fingerprint density at radius 2 is 1.78 bits per heavy atom. The van der Waals surface area contributed by atoms with E-state index in [1.165, 1.54) is 24.3 Å². The van der Waals surface area contributed by atoms with Crippen molar-refractivity contribution in [3.8, 4) is 0 Å². The molecule has 0 unspecified atom stereocenters. The topological polar surface area (TPSA) is 113 Å². The average molecular weight is 387 g/mol. The molecule has 0 saturated carbocycles. The first-order valence-electron chi connectivity index (χ1n) is 7.94. The average Bonchev–Trinajstić information content (AvgIpc) is 2.63. The van der Waals surface area contributed by atoms with Crippen LogP contribution in [0.4, 0.5) is 16.2 Å². The molecule has 0 aromatic heterocycles. The molecular weight excluding hydrogens is 372 g/mol. The number of urea groups is 1. The minimum absolute atomic E-state index is 0.0770. The van der Waals surface area contributed by atoms with E-state index in [0.717, 1.165) is 0 Å². The van der Waals surface area contributed by atoms with Crippen LogP contribution in [0.3, 0.4) is 0 Å². The minimum atomic E-state index is -0.744. The number of benzene rings is 2. The summed E-state index contributed by atoms with van der Waals surface area (Å²) in [4.78, 5) is 35.0. The van der Waals surface area contributed by atoms with Crippen LogP contribution in [-0.4, -0.2) is 16.9 Å². The van der Waals surface area contributed by atoms with Gasteiger partial charge in [-0.3, -0.25) is 14.9 Å². The first-order chi connectivity index (χ1) is 12.8. The van der Waals surface area contributed by atoms with Crippen LogP contribution >= 0.6 is 11.6 Å². The number of carbonyl (C=O) groups excluding carboxylic acids is 2. The second-order valence-corrected chi connectivity index (χ2v) is 6.32. The summed E-state index contributed by atoms with van der Waals surface area (Å²) >= 11 is 5.85. The van der Waals surface area contributed by atoms with Crippen LogP contribution in [0.1, 0.15) is 18.5 Å². The van der Waals surface area contributed by atoms with Gasteiger partial charge >= 0.3 is 6.03 Å². The first-order valence-corrected chi connectivity index (χ1v) is 8.32. The van der Waals surface area contributed by atoms with E-state index in [2.05, 4.69) is 16.0 Å². The van der Waals surface area contributed by atoms with Crippen molar-refractivity contribution in [1.82, 2.24) is 10.6 Å². The fraction of sp³-hybridized carbons (Fsp3) is 0.111. The van der Waals surface area contributed by atoms with E-state index in [-0.39, 0.29) is 5.69 Å². The van der Waals surface area contributed by atoms with E-state index in [1.807, 2.05) is 0 Å². The predicted molar refractivity (Wildman–Crippen MR) is 100 cm³/mol. The number of hydrogen-bond donors (Lipinski definition) is 3. The highest BCUT2D eigenvalue weighted by molar-refractivity contribution is 6.30. The third kappa shape index (κ3) is 4.06. The van der Waals surface area contributed by atoms with Crippen molar-refractivity contribution < 1.29 is 14.5 Å². The maximum Gasteiger partial charge on any atom is 0.319 e. The zero-order chi connectivity index (χ0) is 19.6. The Labute approximate surface area is 159 Å². The van der Waals surface area contributed by atoms with E-state index in [0.29, 0.717) is 27.5 Å². The summed E-state index contributed by atoms with van der Waals surface area (Å²) in [5.41, 5.74) is 1.72. The third-order valence-corrected chi connectivity index (χ3v) is 4.31. The molecule has 8 nitrogen and oxygen atoms in total. The Balaban J connectivity index is 1.92. The maximum absolute atomic E-state index is 12.8. The van der Waals surface area contributed by atoms with Crippen molar-refractivity contribution in [2.24, 2.45) is 0 Å². The lowest BCUT2D eigenvalue weighted by molar-refractivity contribution is -0.384. The van der Waals surface area contributed by atoms with Gasteiger partial charge in [-0.15, -0.1) is 0 Å². The van der Waals surface area contributed by atoms with Crippen LogP contribution in [-0.2, 0) is 4.79 Å². The van der Waals surface area contributed by atoms with Crippen LogP contribution in [0.5, 0.6) is 0 Å². The Kier molecular flexibility index (Phi) is 5.09. The molecule has 0 fully saturated rings. The summed E-state index contributed by atoms with van der Waals surface area (Å²) in [7, 11) is 0. The number of non-ortho nitro benzene ring substituents is 1. The highest BCUT2D eigenvalue weighted by Gasteiger charge is 2.31. The highest BCUT2D eigenvalue weighted by atomic mass is 35.5. The number of allylic oxidation sites excluding steroid dienone is 1. The molecule has 27 heavy (non-hydrogen) atoms. The Bertz CT molecular complexity index is 939. The first kappa shape index (κ1) is 18.4. The number of halogens is 1. The molecule has 1 heterocycles. The summed E-state index contributed by atoms with van der Waals surface area (Å²) in [6, 6.07) is 11.1. The number of carbonyl (C=O) groups is 2. The second kappa shape index (κ2) is 7.46. The molecule has 0 spiro atoms. The fourth-order valence-corrected chi connectivity index (χ4v) is 2.89. The predicted octanol–water partition coefficient (Wildman–Crippen LogP) is 3.51. The molecule has 3 rings (SSSR count). The van der Waals surface area contributed by atoms with Crippen LogP contribution in [0.15, 0.2) is 59.8 Å². The summed E-state index contributed by atoms with van der Waals surface area (Å²) in [6.07, 6.45) is 0. The summed E-state index contributed by atoms with van der Waals surface area (Å²) in [6.45, 7) is 1.62. The number of amides is 3. The zero-order valence-electron chi connectivity index (χ0n) is 14.2. The van der Waals surface area contributed by atoms with E-state index >= 15 is 0 Å². The van der Waals surface area contributed by atoms with Gasteiger partial charge in [-0.2, -0.15) is 0 Å². The largest absolute Gasteiger partial charge is 0.327 e. The van der Waals surface area contributed by atoms with Crippen LogP contribution in [0.2, 0.25) is 5.02 Å². The van der Waals surface area contributed by atoms with E-state index in [1.54, 1.807) is 31.2 Å². The second-order valence-electron chi connectivity index (χ2n) is 5.88. The molecule has 2 aromatic carbocycles. The molecule has 3 amide bonds. The van der Waals surface area contributed by atoms with E-state index < -0.39 is 22.9 Å². The number of nitrogens with zero attached hydrogens (tertiary/aromatic N) is 1. The van der Waals surface area contributed by atoms with Crippen molar-refractivity contribution in [3.05, 3.63) is 80.5 Å². The normalized spacial score (nSPS) is 16.4. The van der Waals surface area contributed by atoms with Gasteiger partial charge in [-0.25, -0.2) is 4.79 Å². The van der Waals surface area contributed by atoms with Crippen LogP contribution in [0, 0.1) is 10.1 Å². The molecule has 2 aromatic rings. The number of hydrogen-bond acceptors (Lipinski definition) is 4. The van der Waals surface area contributed by atoms with Gasteiger partial charge in [0, 0.05) is 28.5 Å². The highest BCUT2D eigenvalue weighted by Crippen LogP contribution is 2.29. The quantitative estimate of drug-likeness (QED) is 0.551. The standard InChI is InChI=1S/C18H15ClN4O4/c1-10-15(17(24)21-13-6-4-12(19)5-7-13)16(22-18(25)20-10)11-2-8-14(9-3-11)23(26)27/h2-9,16H,1H3,(H,21,24)(H2,20,22,25)/t16-/m0/s1. The number of rotatable bonds is 4. The summed E-state index contributed by atoms with van der Waals surface area (Å²) < 4.78 is 0. The van der Waals surface area contributed by atoms with Gasteiger partial charge < -0.3 is 16.0 Å². The molecule has 0 radical (unpaired) electrons. The number of nitro groups is 1. The van der Waals surface area contributed by atoms with Crippen molar-refractivity contribution in [2.45, 2.75) is 13.0 Å². The Hall–Kier alpha value is -3.39.